The van der Waals surface area contributed by atoms with Crippen LogP contribution in [-0.4, -0.2) is 28.4 Å². The zero-order valence-electron chi connectivity index (χ0n) is 8.46. The lowest BCUT2D eigenvalue weighted by molar-refractivity contribution is -0.158. The van der Waals surface area contributed by atoms with E-state index in [1.807, 2.05) is 30.3 Å². The SMILES string of the molecule is CC(O)C(OCc1ccccc1)C(=O)O. The van der Waals surface area contributed by atoms with Gasteiger partial charge in [0.15, 0.2) is 6.10 Å². The van der Waals surface area contributed by atoms with Crippen LogP contribution in [-0.2, 0) is 16.1 Å². The molecule has 0 aliphatic heterocycles. The fourth-order valence-electron chi connectivity index (χ4n) is 1.18. The van der Waals surface area contributed by atoms with Gasteiger partial charge in [0.05, 0.1) is 12.7 Å². The van der Waals surface area contributed by atoms with Gasteiger partial charge in [0.1, 0.15) is 0 Å². The van der Waals surface area contributed by atoms with E-state index in [0.29, 0.717) is 0 Å². The molecule has 4 nitrogen and oxygen atoms in total. The zero-order valence-corrected chi connectivity index (χ0v) is 8.46. The number of rotatable bonds is 5. The van der Waals surface area contributed by atoms with Gasteiger partial charge in [0, 0.05) is 0 Å². The number of benzene rings is 1. The first-order chi connectivity index (χ1) is 7.11. The van der Waals surface area contributed by atoms with Crippen LogP contribution < -0.4 is 0 Å². The van der Waals surface area contributed by atoms with Crippen molar-refractivity contribution in [3.8, 4) is 0 Å². The van der Waals surface area contributed by atoms with Gasteiger partial charge >= 0.3 is 5.97 Å². The molecule has 0 aliphatic carbocycles. The van der Waals surface area contributed by atoms with Gasteiger partial charge in [-0.05, 0) is 12.5 Å². The lowest BCUT2D eigenvalue weighted by Crippen LogP contribution is -2.34. The van der Waals surface area contributed by atoms with Crippen LogP contribution in [0, 0.1) is 0 Å². The Morgan fingerprint density at radius 2 is 2.00 bits per heavy atom. The van der Waals surface area contributed by atoms with Gasteiger partial charge in [0.25, 0.3) is 0 Å². The number of carboxylic acids is 1. The third kappa shape index (κ3) is 3.69. The molecular formula is C11H14O4. The second-order valence-corrected chi connectivity index (χ2v) is 3.30. The summed E-state index contributed by atoms with van der Waals surface area (Å²) >= 11 is 0. The molecule has 0 fully saturated rings. The van der Waals surface area contributed by atoms with Crippen LogP contribution in [0.15, 0.2) is 30.3 Å². The smallest absolute Gasteiger partial charge is 0.335 e. The number of aliphatic carboxylic acids is 1. The van der Waals surface area contributed by atoms with Crippen LogP contribution in [0.25, 0.3) is 0 Å². The maximum atomic E-state index is 10.7. The molecule has 82 valence electrons. The summed E-state index contributed by atoms with van der Waals surface area (Å²) in [6.45, 7) is 1.58. The topological polar surface area (TPSA) is 66.8 Å². The van der Waals surface area contributed by atoms with E-state index in [9.17, 15) is 4.79 Å². The number of aliphatic hydroxyl groups is 1. The van der Waals surface area contributed by atoms with Crippen molar-refractivity contribution in [2.24, 2.45) is 0 Å². The Hall–Kier alpha value is -1.39. The van der Waals surface area contributed by atoms with E-state index in [0.717, 1.165) is 5.56 Å². The minimum Gasteiger partial charge on any atom is -0.479 e. The third-order valence-corrected chi connectivity index (χ3v) is 1.95. The Morgan fingerprint density at radius 3 is 2.47 bits per heavy atom. The maximum Gasteiger partial charge on any atom is 0.335 e. The van der Waals surface area contributed by atoms with Crippen molar-refractivity contribution in [3.05, 3.63) is 35.9 Å². The zero-order chi connectivity index (χ0) is 11.3. The van der Waals surface area contributed by atoms with Crippen molar-refractivity contribution in [2.45, 2.75) is 25.7 Å². The molecule has 1 aromatic carbocycles. The first kappa shape index (κ1) is 11.7. The molecule has 2 unspecified atom stereocenters. The molecule has 15 heavy (non-hydrogen) atoms. The highest BCUT2D eigenvalue weighted by Crippen LogP contribution is 2.06. The molecule has 1 aromatic rings. The molecular weight excluding hydrogens is 196 g/mol. The largest absolute Gasteiger partial charge is 0.479 e. The Balaban J connectivity index is 2.51. The molecule has 0 aromatic heterocycles. The first-order valence-electron chi connectivity index (χ1n) is 4.67. The molecule has 4 heteroatoms. The van der Waals surface area contributed by atoms with Gasteiger partial charge in [-0.1, -0.05) is 30.3 Å². The molecule has 0 saturated carbocycles. The van der Waals surface area contributed by atoms with Gasteiger partial charge in [-0.2, -0.15) is 0 Å². The predicted molar refractivity (Wildman–Crippen MR) is 54.3 cm³/mol. The Kier molecular flexibility index (Phi) is 4.27. The first-order valence-corrected chi connectivity index (χ1v) is 4.67. The maximum absolute atomic E-state index is 10.7. The highest BCUT2D eigenvalue weighted by atomic mass is 16.5. The number of ether oxygens (including phenoxy) is 1. The van der Waals surface area contributed by atoms with E-state index >= 15 is 0 Å². The molecule has 0 radical (unpaired) electrons. The summed E-state index contributed by atoms with van der Waals surface area (Å²) in [6, 6.07) is 9.22. The van der Waals surface area contributed by atoms with Crippen molar-refractivity contribution >= 4 is 5.97 Å². The minimum absolute atomic E-state index is 0.183. The van der Waals surface area contributed by atoms with Crippen molar-refractivity contribution in [1.82, 2.24) is 0 Å². The number of carboxylic acid groups (broad SMARTS) is 1. The lowest BCUT2D eigenvalue weighted by atomic mass is 10.2. The molecule has 0 aliphatic rings. The Bertz CT molecular complexity index is 308. The van der Waals surface area contributed by atoms with Crippen LogP contribution in [0.4, 0.5) is 0 Å². The van der Waals surface area contributed by atoms with Crippen LogP contribution in [0.2, 0.25) is 0 Å². The number of hydrogen-bond acceptors (Lipinski definition) is 3. The van der Waals surface area contributed by atoms with Crippen molar-refractivity contribution in [2.75, 3.05) is 0 Å². The van der Waals surface area contributed by atoms with Gasteiger partial charge in [-0.25, -0.2) is 4.79 Å². The van der Waals surface area contributed by atoms with E-state index in [2.05, 4.69) is 0 Å². The molecule has 0 bridgehead atoms. The van der Waals surface area contributed by atoms with E-state index in [1.165, 1.54) is 6.92 Å². The van der Waals surface area contributed by atoms with E-state index in [1.54, 1.807) is 0 Å². The average molecular weight is 210 g/mol. The van der Waals surface area contributed by atoms with Crippen molar-refractivity contribution in [3.63, 3.8) is 0 Å². The highest BCUT2D eigenvalue weighted by Gasteiger charge is 2.23. The standard InChI is InChI=1S/C11H14O4/c1-8(12)10(11(13)14)15-7-9-5-3-2-4-6-9/h2-6,8,10,12H,7H2,1H3,(H,13,14). The summed E-state index contributed by atoms with van der Waals surface area (Å²) in [5.74, 6) is -1.15. The highest BCUT2D eigenvalue weighted by molar-refractivity contribution is 5.72. The molecule has 0 saturated heterocycles. The van der Waals surface area contributed by atoms with Crippen LogP contribution in [0.3, 0.4) is 0 Å². The number of aliphatic hydroxyl groups excluding tert-OH is 1. The van der Waals surface area contributed by atoms with Gasteiger partial charge in [-0.15, -0.1) is 0 Å². The normalized spacial score (nSPS) is 14.5. The van der Waals surface area contributed by atoms with E-state index in [-0.39, 0.29) is 6.61 Å². The van der Waals surface area contributed by atoms with Crippen LogP contribution >= 0.6 is 0 Å². The third-order valence-electron chi connectivity index (χ3n) is 1.95. The number of carbonyl (C=O) groups is 1. The molecule has 0 spiro atoms. The van der Waals surface area contributed by atoms with Gasteiger partial charge in [0.2, 0.25) is 0 Å². The average Bonchev–Trinajstić information content (AvgIpc) is 2.18. The second-order valence-electron chi connectivity index (χ2n) is 3.30. The summed E-state index contributed by atoms with van der Waals surface area (Å²) < 4.78 is 5.10. The molecule has 0 heterocycles. The fourth-order valence-corrected chi connectivity index (χ4v) is 1.18. The lowest BCUT2D eigenvalue weighted by Gasteiger charge is -2.15. The van der Waals surface area contributed by atoms with Gasteiger partial charge < -0.3 is 14.9 Å². The number of hydrogen-bond donors (Lipinski definition) is 2. The second kappa shape index (κ2) is 5.48. The van der Waals surface area contributed by atoms with Crippen LogP contribution in [0.5, 0.6) is 0 Å². The quantitative estimate of drug-likeness (QED) is 0.762. The molecule has 2 N–H and O–H groups in total. The minimum atomic E-state index is -1.18. The Labute approximate surface area is 88.1 Å². The molecule has 1 rings (SSSR count). The summed E-state index contributed by atoms with van der Waals surface area (Å²) in [5.41, 5.74) is 0.879. The monoisotopic (exact) mass is 210 g/mol. The molecule has 0 amide bonds. The summed E-state index contributed by atoms with van der Waals surface area (Å²) in [5, 5.41) is 17.9. The predicted octanol–water partition coefficient (Wildman–Crippen LogP) is 1.04. The summed E-state index contributed by atoms with van der Waals surface area (Å²) in [4.78, 5) is 10.7. The Morgan fingerprint density at radius 1 is 1.40 bits per heavy atom. The van der Waals surface area contributed by atoms with Crippen molar-refractivity contribution in [1.29, 1.82) is 0 Å². The van der Waals surface area contributed by atoms with E-state index in [4.69, 9.17) is 14.9 Å². The summed E-state index contributed by atoms with van der Waals surface area (Å²) in [7, 11) is 0. The fraction of sp³-hybridized carbons (Fsp3) is 0.364. The summed E-state index contributed by atoms with van der Waals surface area (Å²) in [6.07, 6.45) is -2.20. The molecule has 2 atom stereocenters. The van der Waals surface area contributed by atoms with E-state index < -0.39 is 18.2 Å². The van der Waals surface area contributed by atoms with Crippen LogP contribution in [0.1, 0.15) is 12.5 Å². The van der Waals surface area contributed by atoms with Gasteiger partial charge in [-0.3, -0.25) is 0 Å². The van der Waals surface area contributed by atoms with Crippen molar-refractivity contribution < 1.29 is 19.7 Å².